The zero-order valence-corrected chi connectivity index (χ0v) is 12.9. The number of nitrogens with zero attached hydrogens (tertiary/aromatic N) is 5. The zero-order chi connectivity index (χ0) is 14.8. The van der Waals surface area contributed by atoms with Crippen molar-refractivity contribution in [3.05, 3.63) is 46.8 Å². The molecule has 5 rings (SSSR count). The van der Waals surface area contributed by atoms with Gasteiger partial charge in [-0.3, -0.25) is 4.57 Å². The first-order valence-electron chi connectivity index (χ1n) is 7.48. The quantitative estimate of drug-likeness (QED) is 0.542. The highest BCUT2D eigenvalue weighted by Crippen LogP contribution is 2.43. The first-order valence-corrected chi connectivity index (χ1v) is 7.86. The van der Waals surface area contributed by atoms with Crippen LogP contribution in [0.1, 0.15) is 35.8 Å². The maximum atomic E-state index is 6.27. The van der Waals surface area contributed by atoms with E-state index in [9.17, 15) is 0 Å². The molecule has 0 radical (unpaired) electrons. The maximum Gasteiger partial charge on any atom is 0.160 e. The van der Waals surface area contributed by atoms with E-state index in [1.54, 1.807) is 6.33 Å². The van der Waals surface area contributed by atoms with E-state index < -0.39 is 0 Å². The van der Waals surface area contributed by atoms with Crippen LogP contribution < -0.4 is 0 Å². The molecule has 6 heteroatoms. The molecule has 3 heterocycles. The molecule has 1 fully saturated rings. The van der Waals surface area contributed by atoms with Gasteiger partial charge < -0.3 is 0 Å². The Hall–Kier alpha value is -2.14. The third kappa shape index (κ3) is 1.69. The summed E-state index contributed by atoms with van der Waals surface area (Å²) in [6.45, 7) is 2.51. The van der Waals surface area contributed by atoms with Gasteiger partial charge in [0.05, 0.1) is 17.9 Å². The van der Waals surface area contributed by atoms with Crippen molar-refractivity contribution >= 4 is 11.6 Å². The fourth-order valence-corrected chi connectivity index (χ4v) is 3.42. The SMILES string of the molecule is Cc1nc2n(n1)Cc1c(Cl)ncn1-c1ccc(C3CC3)cc1-2. The summed E-state index contributed by atoms with van der Waals surface area (Å²) in [5.74, 6) is 2.40. The van der Waals surface area contributed by atoms with Gasteiger partial charge in [0.25, 0.3) is 0 Å². The van der Waals surface area contributed by atoms with Crippen LogP contribution in [0.4, 0.5) is 0 Å². The molecule has 0 atom stereocenters. The number of hydrogen-bond acceptors (Lipinski definition) is 3. The second-order valence-corrected chi connectivity index (χ2v) is 6.40. The van der Waals surface area contributed by atoms with Gasteiger partial charge in [-0.25, -0.2) is 14.6 Å². The predicted molar refractivity (Wildman–Crippen MR) is 83.4 cm³/mol. The Bertz CT molecular complexity index is 903. The van der Waals surface area contributed by atoms with Crippen LogP contribution in [0.5, 0.6) is 0 Å². The highest BCUT2D eigenvalue weighted by atomic mass is 35.5. The number of aromatic nitrogens is 5. The summed E-state index contributed by atoms with van der Waals surface area (Å²) >= 11 is 6.27. The summed E-state index contributed by atoms with van der Waals surface area (Å²) < 4.78 is 3.98. The number of halogens is 1. The molecule has 0 bridgehead atoms. The molecular formula is C16H14ClN5. The molecule has 0 saturated heterocycles. The van der Waals surface area contributed by atoms with Gasteiger partial charge >= 0.3 is 0 Å². The minimum atomic E-state index is 0.526. The lowest BCUT2D eigenvalue weighted by Crippen LogP contribution is -2.04. The van der Waals surface area contributed by atoms with Crippen molar-refractivity contribution in [3.8, 4) is 17.1 Å². The van der Waals surface area contributed by atoms with E-state index >= 15 is 0 Å². The number of benzene rings is 1. The second kappa shape index (κ2) is 4.20. The molecule has 1 aliphatic heterocycles. The molecule has 3 aromatic rings. The van der Waals surface area contributed by atoms with Crippen molar-refractivity contribution in [2.24, 2.45) is 0 Å². The van der Waals surface area contributed by atoms with E-state index in [-0.39, 0.29) is 0 Å². The van der Waals surface area contributed by atoms with Crippen LogP contribution in [-0.4, -0.2) is 24.3 Å². The predicted octanol–water partition coefficient (Wildman–Crippen LogP) is 3.33. The van der Waals surface area contributed by atoms with Crippen LogP contribution in [0.15, 0.2) is 24.5 Å². The van der Waals surface area contributed by atoms with Crippen LogP contribution in [-0.2, 0) is 6.54 Å². The van der Waals surface area contributed by atoms with Crippen molar-refractivity contribution in [2.75, 3.05) is 0 Å². The Balaban J connectivity index is 1.84. The Morgan fingerprint density at radius 2 is 2.14 bits per heavy atom. The average Bonchev–Trinajstić information content (AvgIpc) is 3.23. The summed E-state index contributed by atoms with van der Waals surface area (Å²) in [7, 11) is 0. The Kier molecular flexibility index (Phi) is 2.37. The zero-order valence-electron chi connectivity index (χ0n) is 12.1. The number of hydrogen-bond donors (Lipinski definition) is 0. The molecule has 1 aliphatic carbocycles. The first kappa shape index (κ1) is 12.4. The average molecular weight is 312 g/mol. The molecule has 22 heavy (non-hydrogen) atoms. The lowest BCUT2D eigenvalue weighted by atomic mass is 10.0. The van der Waals surface area contributed by atoms with E-state index in [4.69, 9.17) is 11.6 Å². The summed E-state index contributed by atoms with van der Waals surface area (Å²) in [5, 5.41) is 5.05. The largest absolute Gasteiger partial charge is 0.299 e. The molecule has 0 spiro atoms. The Morgan fingerprint density at radius 3 is 2.95 bits per heavy atom. The van der Waals surface area contributed by atoms with Crippen molar-refractivity contribution in [3.63, 3.8) is 0 Å². The molecular weight excluding hydrogens is 298 g/mol. The Labute approximate surface area is 132 Å². The molecule has 0 amide bonds. The smallest absolute Gasteiger partial charge is 0.160 e. The summed E-state index contributed by atoms with van der Waals surface area (Å²) in [4.78, 5) is 8.90. The van der Waals surface area contributed by atoms with Crippen LogP contribution in [0, 0.1) is 6.92 Å². The fourth-order valence-electron chi connectivity index (χ4n) is 3.22. The molecule has 5 nitrogen and oxygen atoms in total. The van der Waals surface area contributed by atoms with E-state index in [2.05, 4.69) is 37.8 Å². The van der Waals surface area contributed by atoms with Crippen molar-refractivity contribution < 1.29 is 0 Å². The van der Waals surface area contributed by atoms with Gasteiger partial charge in [-0.2, -0.15) is 5.10 Å². The molecule has 110 valence electrons. The van der Waals surface area contributed by atoms with Crippen LogP contribution in [0.2, 0.25) is 5.15 Å². The van der Waals surface area contributed by atoms with Gasteiger partial charge in [0.15, 0.2) is 11.0 Å². The van der Waals surface area contributed by atoms with Gasteiger partial charge in [0.1, 0.15) is 12.2 Å². The molecule has 2 aromatic heterocycles. The monoisotopic (exact) mass is 311 g/mol. The van der Waals surface area contributed by atoms with Gasteiger partial charge in [0, 0.05) is 5.56 Å². The second-order valence-electron chi connectivity index (χ2n) is 6.04. The van der Waals surface area contributed by atoms with E-state index in [0.717, 1.165) is 28.6 Å². The number of fused-ring (bicyclic) bond motifs is 5. The Morgan fingerprint density at radius 1 is 1.27 bits per heavy atom. The summed E-state index contributed by atoms with van der Waals surface area (Å²) in [6, 6.07) is 6.63. The minimum absolute atomic E-state index is 0.526. The molecule has 0 unspecified atom stereocenters. The fraction of sp³-hybridized carbons (Fsp3) is 0.312. The molecule has 1 aromatic carbocycles. The third-order valence-corrected chi connectivity index (χ3v) is 4.78. The van der Waals surface area contributed by atoms with Crippen LogP contribution in [0.3, 0.4) is 0 Å². The van der Waals surface area contributed by atoms with Gasteiger partial charge in [-0.15, -0.1) is 0 Å². The number of rotatable bonds is 1. The summed E-state index contributed by atoms with van der Waals surface area (Å²) in [6.07, 6.45) is 4.35. The third-order valence-electron chi connectivity index (χ3n) is 4.46. The molecule has 1 saturated carbocycles. The van der Waals surface area contributed by atoms with Crippen molar-refractivity contribution in [2.45, 2.75) is 32.2 Å². The van der Waals surface area contributed by atoms with Crippen LogP contribution >= 0.6 is 11.6 Å². The normalized spacial score (nSPS) is 15.9. The molecule has 0 N–H and O–H groups in total. The van der Waals surface area contributed by atoms with Crippen molar-refractivity contribution in [1.29, 1.82) is 0 Å². The number of imidazole rings is 1. The minimum Gasteiger partial charge on any atom is -0.299 e. The van der Waals surface area contributed by atoms with Crippen molar-refractivity contribution in [1.82, 2.24) is 24.3 Å². The maximum absolute atomic E-state index is 6.27. The van der Waals surface area contributed by atoms with E-state index in [0.29, 0.717) is 17.6 Å². The highest BCUT2D eigenvalue weighted by Gasteiger charge is 2.28. The standard InChI is InChI=1S/C16H14ClN5/c1-9-19-16-12-6-11(10-2-3-10)4-5-13(12)21-8-18-15(17)14(21)7-22(16)20-9/h4-6,8,10H,2-3,7H2,1H3. The topological polar surface area (TPSA) is 48.5 Å². The van der Waals surface area contributed by atoms with E-state index in [1.165, 1.54) is 18.4 Å². The lowest BCUT2D eigenvalue weighted by Gasteiger charge is -2.10. The van der Waals surface area contributed by atoms with Gasteiger partial charge in [-0.1, -0.05) is 17.7 Å². The first-order chi connectivity index (χ1) is 10.7. The lowest BCUT2D eigenvalue weighted by molar-refractivity contribution is 0.671. The summed E-state index contributed by atoms with van der Waals surface area (Å²) in [5.41, 5.74) is 4.52. The van der Waals surface area contributed by atoms with Gasteiger partial charge in [0.2, 0.25) is 0 Å². The molecule has 2 aliphatic rings. The highest BCUT2D eigenvalue weighted by molar-refractivity contribution is 6.30. The van der Waals surface area contributed by atoms with Gasteiger partial charge in [-0.05, 0) is 43.4 Å². The van der Waals surface area contributed by atoms with Crippen LogP contribution in [0.25, 0.3) is 17.1 Å². The van der Waals surface area contributed by atoms with E-state index in [1.807, 2.05) is 11.6 Å². The number of aryl methyl sites for hydroxylation is 1.